The Morgan fingerprint density at radius 1 is 0.316 bits per heavy atom. The zero-order valence-electron chi connectivity index (χ0n) is 30.4. The van der Waals surface area contributed by atoms with Crippen LogP contribution in [0.25, 0.3) is 110 Å². The van der Waals surface area contributed by atoms with Crippen LogP contribution in [-0.4, -0.2) is 0 Å². The predicted molar refractivity (Wildman–Crippen MR) is 230 cm³/mol. The number of benzene rings is 10. The Bertz CT molecular complexity index is 3260. The Kier molecular flexibility index (Phi) is 7.39. The van der Waals surface area contributed by atoms with Crippen molar-refractivity contribution >= 4 is 65.0 Å². The normalized spacial score (nSPS) is 12.1. The number of hydrogen-bond acceptors (Lipinski definition) is 1. The van der Waals surface area contributed by atoms with Crippen molar-refractivity contribution in [2.24, 2.45) is 0 Å². The van der Waals surface area contributed by atoms with Crippen molar-refractivity contribution in [3.63, 3.8) is 0 Å². The van der Waals surface area contributed by atoms with Gasteiger partial charge in [-0.3, -0.25) is 0 Å². The molecule has 0 radical (unpaired) electrons. The van der Waals surface area contributed by atoms with Gasteiger partial charge in [-0.2, -0.15) is 13.2 Å². The second-order valence-corrected chi connectivity index (χ2v) is 14.6. The third kappa shape index (κ3) is 5.11. The van der Waals surface area contributed by atoms with Gasteiger partial charge in [0.2, 0.25) is 0 Å². The number of furan rings is 1. The summed E-state index contributed by atoms with van der Waals surface area (Å²) in [6.07, 6.45) is -4.41. The van der Waals surface area contributed by atoms with E-state index in [-0.39, 0.29) is 0 Å². The average Bonchev–Trinajstić information content (AvgIpc) is 3.64. The van der Waals surface area contributed by atoms with E-state index in [1.807, 2.05) is 24.3 Å². The van der Waals surface area contributed by atoms with Gasteiger partial charge in [0.15, 0.2) is 0 Å². The molecule has 11 rings (SSSR count). The van der Waals surface area contributed by atoms with Crippen LogP contribution in [0.4, 0.5) is 13.2 Å². The van der Waals surface area contributed by atoms with Crippen molar-refractivity contribution in [1.29, 1.82) is 0 Å². The average molecular weight is 741 g/mol. The molecule has 1 nitrogen and oxygen atoms in total. The number of alkyl halides is 3. The lowest BCUT2D eigenvalue weighted by atomic mass is 9.84. The molecule has 0 aliphatic carbocycles. The van der Waals surface area contributed by atoms with Crippen molar-refractivity contribution in [1.82, 2.24) is 0 Å². The molecule has 1 aromatic heterocycles. The summed E-state index contributed by atoms with van der Waals surface area (Å²) < 4.78 is 47.8. The van der Waals surface area contributed by atoms with Crippen LogP contribution in [-0.2, 0) is 6.18 Å². The molecular formula is C53H31F3O. The maximum Gasteiger partial charge on any atom is 0.416 e. The van der Waals surface area contributed by atoms with Gasteiger partial charge in [0, 0.05) is 21.9 Å². The Morgan fingerprint density at radius 2 is 0.702 bits per heavy atom. The van der Waals surface area contributed by atoms with E-state index < -0.39 is 11.7 Å². The van der Waals surface area contributed by atoms with Gasteiger partial charge in [-0.1, -0.05) is 170 Å². The molecule has 0 aliphatic rings. The number of para-hydroxylation sites is 1. The Morgan fingerprint density at radius 3 is 1.19 bits per heavy atom. The molecule has 10 aromatic carbocycles. The first-order valence-electron chi connectivity index (χ1n) is 19.0. The highest BCUT2D eigenvalue weighted by Gasteiger charge is 2.30. The largest absolute Gasteiger partial charge is 0.455 e. The minimum Gasteiger partial charge on any atom is -0.455 e. The minimum absolute atomic E-state index is 0.666. The van der Waals surface area contributed by atoms with Crippen LogP contribution in [0.15, 0.2) is 192 Å². The summed E-state index contributed by atoms with van der Waals surface area (Å²) >= 11 is 0. The topological polar surface area (TPSA) is 13.1 Å². The van der Waals surface area contributed by atoms with Gasteiger partial charge in [-0.25, -0.2) is 0 Å². The summed E-state index contributed by atoms with van der Waals surface area (Å²) in [6, 6.07) is 62.5. The lowest BCUT2D eigenvalue weighted by Crippen LogP contribution is -2.04. The van der Waals surface area contributed by atoms with Crippen LogP contribution in [0.1, 0.15) is 5.56 Å². The van der Waals surface area contributed by atoms with Crippen molar-refractivity contribution in [2.45, 2.75) is 6.18 Å². The number of halogens is 3. The number of fused-ring (bicyclic) bond motifs is 7. The van der Waals surface area contributed by atoms with E-state index in [4.69, 9.17) is 4.42 Å². The summed E-state index contributed by atoms with van der Waals surface area (Å²) in [5.41, 5.74) is 9.17. The summed E-state index contributed by atoms with van der Waals surface area (Å²) in [5, 5.41) is 10.7. The van der Waals surface area contributed by atoms with Gasteiger partial charge in [-0.15, -0.1) is 0 Å². The monoisotopic (exact) mass is 740 g/mol. The molecule has 11 aromatic rings. The molecule has 0 fully saturated rings. The SMILES string of the molecule is FC(F)(F)c1ccc(-c2c3ccccc3c(-c3cccc4c3oc3cccc(-c5c6ccccc6c(-c6ccccc6)c6ccccc56)c34)c3ccccc23)cc1. The zero-order valence-corrected chi connectivity index (χ0v) is 30.4. The van der Waals surface area contributed by atoms with Gasteiger partial charge in [0.1, 0.15) is 11.2 Å². The maximum atomic E-state index is 13.6. The predicted octanol–water partition coefficient (Wildman–Crippen LogP) is 15.9. The smallest absolute Gasteiger partial charge is 0.416 e. The van der Waals surface area contributed by atoms with E-state index >= 15 is 0 Å². The van der Waals surface area contributed by atoms with Gasteiger partial charge in [-0.05, 0) is 94.7 Å². The molecule has 0 amide bonds. The highest BCUT2D eigenvalue weighted by Crippen LogP contribution is 2.50. The number of rotatable bonds is 4. The summed E-state index contributed by atoms with van der Waals surface area (Å²) in [7, 11) is 0. The van der Waals surface area contributed by atoms with Crippen LogP contribution >= 0.6 is 0 Å². The lowest BCUT2D eigenvalue weighted by molar-refractivity contribution is -0.137. The molecule has 0 saturated heterocycles. The van der Waals surface area contributed by atoms with Crippen molar-refractivity contribution in [3.8, 4) is 44.5 Å². The first-order chi connectivity index (χ1) is 28.0. The van der Waals surface area contributed by atoms with E-state index in [2.05, 4.69) is 140 Å². The first-order valence-corrected chi connectivity index (χ1v) is 19.0. The van der Waals surface area contributed by atoms with Crippen LogP contribution in [0, 0.1) is 0 Å². The molecule has 4 heteroatoms. The molecule has 0 bridgehead atoms. The van der Waals surface area contributed by atoms with Crippen LogP contribution < -0.4 is 0 Å². The molecule has 0 unspecified atom stereocenters. The Hall–Kier alpha value is -7.17. The van der Waals surface area contributed by atoms with Gasteiger partial charge >= 0.3 is 6.18 Å². The van der Waals surface area contributed by atoms with Gasteiger partial charge in [0.25, 0.3) is 0 Å². The summed E-state index contributed by atoms with van der Waals surface area (Å²) in [6.45, 7) is 0. The molecule has 270 valence electrons. The van der Waals surface area contributed by atoms with Crippen molar-refractivity contribution in [2.75, 3.05) is 0 Å². The first kappa shape index (κ1) is 33.2. The maximum absolute atomic E-state index is 13.6. The second-order valence-electron chi connectivity index (χ2n) is 14.6. The number of hydrogen-bond donors (Lipinski definition) is 0. The molecule has 0 N–H and O–H groups in total. The highest BCUT2D eigenvalue weighted by molar-refractivity contribution is 6.28. The van der Waals surface area contributed by atoms with E-state index in [9.17, 15) is 13.2 Å². The molecule has 0 spiro atoms. The standard InChI is InChI=1S/C53H31F3O/c54-53(55,56)34-30-28-33(29-31-34)48-37-18-6-10-22-41(37)50(42-23-11-7-19-38(42)48)44-25-12-26-45-51-43(24-13-27-46(51)57-52(44)45)49-39-20-8-4-16-35(39)47(32-14-2-1-3-15-32)36-17-5-9-21-40(36)49/h1-31H. The van der Waals surface area contributed by atoms with E-state index in [0.29, 0.717) is 0 Å². The molecule has 0 atom stereocenters. The third-order valence-corrected chi connectivity index (χ3v) is 11.5. The van der Waals surface area contributed by atoms with Crippen LogP contribution in [0.5, 0.6) is 0 Å². The molecule has 57 heavy (non-hydrogen) atoms. The lowest BCUT2D eigenvalue weighted by Gasteiger charge is -2.18. The van der Waals surface area contributed by atoms with Gasteiger partial charge in [0.05, 0.1) is 5.56 Å². The second kappa shape index (κ2) is 12.7. The Balaban J connectivity index is 1.20. The van der Waals surface area contributed by atoms with E-state index in [0.717, 1.165) is 76.9 Å². The third-order valence-electron chi connectivity index (χ3n) is 11.5. The quantitative estimate of drug-likeness (QED) is 0.164. The van der Waals surface area contributed by atoms with Gasteiger partial charge < -0.3 is 4.42 Å². The highest BCUT2D eigenvalue weighted by atomic mass is 19.4. The molecular weight excluding hydrogens is 710 g/mol. The fourth-order valence-electron chi connectivity index (χ4n) is 9.14. The van der Waals surface area contributed by atoms with E-state index in [1.165, 1.54) is 44.8 Å². The minimum atomic E-state index is -4.41. The molecule has 0 saturated carbocycles. The van der Waals surface area contributed by atoms with E-state index in [1.54, 1.807) is 12.1 Å². The van der Waals surface area contributed by atoms with Crippen molar-refractivity contribution < 1.29 is 17.6 Å². The summed E-state index contributed by atoms with van der Waals surface area (Å²) in [4.78, 5) is 0. The molecule has 1 heterocycles. The molecule has 0 aliphatic heterocycles. The van der Waals surface area contributed by atoms with Crippen LogP contribution in [0.3, 0.4) is 0 Å². The van der Waals surface area contributed by atoms with Crippen LogP contribution in [0.2, 0.25) is 0 Å². The fourth-order valence-corrected chi connectivity index (χ4v) is 9.14. The van der Waals surface area contributed by atoms with Crippen molar-refractivity contribution in [3.05, 3.63) is 194 Å². The summed E-state index contributed by atoms with van der Waals surface area (Å²) in [5.74, 6) is 0. The Labute approximate surface area is 325 Å². The fraction of sp³-hybridized carbons (Fsp3) is 0.0189. The zero-order chi connectivity index (χ0) is 38.3.